The predicted octanol–water partition coefficient (Wildman–Crippen LogP) is 2.50. The maximum atomic E-state index is 11.9. The van der Waals surface area contributed by atoms with E-state index in [9.17, 15) is 9.90 Å². The topological polar surface area (TPSA) is 49.3 Å². The minimum Gasteiger partial charge on any atom is -0.394 e. The Morgan fingerprint density at radius 1 is 1.05 bits per heavy atom. The Hall–Kier alpha value is -1.78. The van der Waals surface area contributed by atoms with Crippen molar-refractivity contribution in [3.8, 4) is 0 Å². The number of rotatable bonds is 7. The molecule has 1 amide bonds. The molecule has 0 saturated heterocycles. The Bertz CT molecular complexity index is 545. The summed E-state index contributed by atoms with van der Waals surface area (Å²) in [7, 11) is 0. The van der Waals surface area contributed by atoms with Crippen molar-refractivity contribution in [1.29, 1.82) is 0 Å². The molecule has 1 atom stereocenters. The van der Waals surface area contributed by atoms with Gasteiger partial charge in [0.1, 0.15) is 0 Å². The van der Waals surface area contributed by atoms with Crippen molar-refractivity contribution in [3.63, 3.8) is 0 Å². The molecule has 0 heterocycles. The number of benzene rings is 2. The van der Waals surface area contributed by atoms with Crippen LogP contribution in [0.2, 0.25) is 0 Å². The first-order valence-corrected chi connectivity index (χ1v) is 7.88. The third-order valence-corrected chi connectivity index (χ3v) is 4.04. The smallest absolute Gasteiger partial charge is 0.230 e. The summed E-state index contributed by atoms with van der Waals surface area (Å²) >= 11 is 1.49. The van der Waals surface area contributed by atoms with Crippen LogP contribution in [0.3, 0.4) is 0 Å². The van der Waals surface area contributed by atoms with Crippen LogP contribution in [0.25, 0.3) is 0 Å². The number of carbonyl (C=O) groups is 1. The molecule has 0 fully saturated rings. The Morgan fingerprint density at radius 2 is 1.67 bits per heavy atom. The lowest BCUT2D eigenvalue weighted by molar-refractivity contribution is -0.119. The van der Waals surface area contributed by atoms with Gasteiger partial charge in [-0.3, -0.25) is 4.79 Å². The van der Waals surface area contributed by atoms with Crippen LogP contribution in [0.5, 0.6) is 0 Å². The number of hydrogen-bond donors (Lipinski definition) is 2. The van der Waals surface area contributed by atoms with Gasteiger partial charge in [-0.1, -0.05) is 48.5 Å². The van der Waals surface area contributed by atoms with E-state index in [1.165, 1.54) is 11.8 Å². The third kappa shape index (κ3) is 5.61. The van der Waals surface area contributed by atoms with Crippen molar-refractivity contribution in [1.82, 2.24) is 5.32 Å². The van der Waals surface area contributed by atoms with Gasteiger partial charge in [0.15, 0.2) is 0 Å². The van der Waals surface area contributed by atoms with Crippen LogP contribution in [-0.2, 0) is 11.2 Å². The van der Waals surface area contributed by atoms with Gasteiger partial charge in [0.05, 0.1) is 18.4 Å². The quantitative estimate of drug-likeness (QED) is 0.773. The lowest BCUT2D eigenvalue weighted by Gasteiger charge is -2.16. The first-order chi connectivity index (χ1) is 10.3. The van der Waals surface area contributed by atoms with Gasteiger partial charge in [-0.25, -0.2) is 0 Å². The van der Waals surface area contributed by atoms with E-state index in [1.807, 2.05) is 60.7 Å². The van der Waals surface area contributed by atoms with Crippen LogP contribution >= 0.6 is 11.8 Å². The van der Waals surface area contributed by atoms with Crippen molar-refractivity contribution in [3.05, 3.63) is 66.2 Å². The summed E-state index contributed by atoms with van der Waals surface area (Å²) in [4.78, 5) is 13.0. The maximum absolute atomic E-state index is 11.9. The molecule has 2 N–H and O–H groups in total. The third-order valence-electron chi connectivity index (χ3n) is 3.02. The Balaban J connectivity index is 1.80. The van der Waals surface area contributed by atoms with Gasteiger partial charge in [0.25, 0.3) is 0 Å². The number of aliphatic hydroxyl groups is 1. The van der Waals surface area contributed by atoms with Crippen molar-refractivity contribution >= 4 is 17.7 Å². The molecule has 110 valence electrons. The highest BCUT2D eigenvalue weighted by molar-refractivity contribution is 8.00. The van der Waals surface area contributed by atoms with E-state index in [0.29, 0.717) is 12.2 Å². The van der Waals surface area contributed by atoms with Crippen LogP contribution in [0.1, 0.15) is 5.56 Å². The fourth-order valence-corrected chi connectivity index (χ4v) is 2.73. The first kappa shape index (κ1) is 15.6. The molecule has 0 saturated carbocycles. The molecule has 0 aliphatic rings. The summed E-state index contributed by atoms with van der Waals surface area (Å²) in [6.07, 6.45) is 0.638. The highest BCUT2D eigenvalue weighted by Crippen LogP contribution is 2.16. The van der Waals surface area contributed by atoms with Gasteiger partial charge in [-0.05, 0) is 24.1 Å². The first-order valence-electron chi connectivity index (χ1n) is 6.90. The number of hydrogen-bond acceptors (Lipinski definition) is 3. The van der Waals surface area contributed by atoms with Crippen molar-refractivity contribution in [2.75, 3.05) is 12.4 Å². The number of thioether (sulfide) groups is 1. The molecule has 0 aromatic heterocycles. The molecule has 0 aliphatic carbocycles. The molecular weight excluding hydrogens is 282 g/mol. The van der Waals surface area contributed by atoms with E-state index in [4.69, 9.17) is 0 Å². The molecule has 2 rings (SSSR count). The molecule has 0 bridgehead atoms. The van der Waals surface area contributed by atoms with Gasteiger partial charge < -0.3 is 10.4 Å². The van der Waals surface area contributed by atoms with Crippen molar-refractivity contribution < 1.29 is 9.90 Å². The fourth-order valence-electron chi connectivity index (χ4n) is 1.99. The molecule has 21 heavy (non-hydrogen) atoms. The highest BCUT2D eigenvalue weighted by atomic mass is 32.2. The second-order valence-electron chi connectivity index (χ2n) is 4.74. The molecular formula is C17H19NO2S. The largest absolute Gasteiger partial charge is 0.394 e. The van der Waals surface area contributed by atoms with Crippen LogP contribution in [-0.4, -0.2) is 29.4 Å². The molecule has 2 aromatic carbocycles. The monoisotopic (exact) mass is 301 g/mol. The number of carbonyl (C=O) groups excluding carboxylic acids is 1. The van der Waals surface area contributed by atoms with Crippen LogP contribution in [0.4, 0.5) is 0 Å². The van der Waals surface area contributed by atoms with Gasteiger partial charge in [-0.15, -0.1) is 11.8 Å². The highest BCUT2D eigenvalue weighted by Gasteiger charge is 2.12. The van der Waals surface area contributed by atoms with E-state index in [1.54, 1.807) is 0 Å². The Morgan fingerprint density at radius 3 is 2.29 bits per heavy atom. The van der Waals surface area contributed by atoms with Crippen molar-refractivity contribution in [2.45, 2.75) is 17.4 Å². The minimum atomic E-state index is -0.240. The van der Waals surface area contributed by atoms with Crippen LogP contribution in [0, 0.1) is 0 Å². The zero-order valence-corrected chi connectivity index (χ0v) is 12.6. The second kappa shape index (κ2) is 8.49. The molecule has 0 unspecified atom stereocenters. The number of aliphatic hydroxyl groups excluding tert-OH is 1. The van der Waals surface area contributed by atoms with E-state index in [-0.39, 0.29) is 18.6 Å². The molecule has 3 nitrogen and oxygen atoms in total. The Labute approximate surface area is 129 Å². The normalized spacial score (nSPS) is 11.9. The summed E-state index contributed by atoms with van der Waals surface area (Å²) in [5, 5.41) is 12.3. The van der Waals surface area contributed by atoms with E-state index < -0.39 is 0 Å². The molecule has 4 heteroatoms. The summed E-state index contributed by atoms with van der Waals surface area (Å²) in [5.41, 5.74) is 1.10. The summed E-state index contributed by atoms with van der Waals surface area (Å²) in [6.45, 7) is -0.0589. The SMILES string of the molecule is O=C(CSc1ccccc1)N[C@H](CO)Cc1ccccc1. The van der Waals surface area contributed by atoms with Crippen LogP contribution < -0.4 is 5.32 Å². The number of nitrogens with one attached hydrogen (secondary N) is 1. The molecule has 2 aromatic rings. The summed E-state index contributed by atoms with van der Waals surface area (Å²) in [6, 6.07) is 19.4. The summed E-state index contributed by atoms with van der Waals surface area (Å²) < 4.78 is 0. The molecule has 0 aliphatic heterocycles. The average molecular weight is 301 g/mol. The fraction of sp³-hybridized carbons (Fsp3) is 0.235. The second-order valence-corrected chi connectivity index (χ2v) is 5.79. The summed E-state index contributed by atoms with van der Waals surface area (Å²) in [5.74, 6) is 0.300. The van der Waals surface area contributed by atoms with Gasteiger partial charge >= 0.3 is 0 Å². The van der Waals surface area contributed by atoms with Crippen LogP contribution in [0.15, 0.2) is 65.6 Å². The van der Waals surface area contributed by atoms with Gasteiger partial charge in [0.2, 0.25) is 5.91 Å². The maximum Gasteiger partial charge on any atom is 0.230 e. The van der Waals surface area contributed by atoms with Gasteiger partial charge in [-0.2, -0.15) is 0 Å². The Kier molecular flexibility index (Phi) is 6.31. The van der Waals surface area contributed by atoms with E-state index in [2.05, 4.69) is 5.32 Å². The van der Waals surface area contributed by atoms with E-state index in [0.717, 1.165) is 10.5 Å². The lowest BCUT2D eigenvalue weighted by atomic mass is 10.1. The molecule has 0 radical (unpaired) electrons. The van der Waals surface area contributed by atoms with E-state index >= 15 is 0 Å². The molecule has 0 spiro atoms. The zero-order chi connectivity index (χ0) is 14.9. The lowest BCUT2D eigenvalue weighted by Crippen LogP contribution is -2.40. The average Bonchev–Trinajstić information content (AvgIpc) is 2.54. The van der Waals surface area contributed by atoms with Crippen molar-refractivity contribution in [2.24, 2.45) is 0 Å². The predicted molar refractivity (Wildman–Crippen MR) is 86.3 cm³/mol. The zero-order valence-electron chi connectivity index (χ0n) is 11.7. The standard InChI is InChI=1S/C17H19NO2S/c19-12-15(11-14-7-3-1-4-8-14)18-17(20)13-21-16-9-5-2-6-10-16/h1-10,15,19H,11-13H2,(H,18,20)/t15-/m0/s1. The minimum absolute atomic E-state index is 0.0566. The van der Waals surface area contributed by atoms with Gasteiger partial charge in [0, 0.05) is 4.90 Å². The number of amides is 1.